The lowest BCUT2D eigenvalue weighted by atomic mass is 9.99. The molecule has 0 unspecified atom stereocenters. The van der Waals surface area contributed by atoms with Crippen molar-refractivity contribution < 1.29 is 5.11 Å². The van der Waals surface area contributed by atoms with E-state index in [1.165, 1.54) is 0 Å². The maximum absolute atomic E-state index is 9.71. The molecule has 0 amide bonds. The molecule has 0 radical (unpaired) electrons. The Bertz CT molecular complexity index is 654. The first kappa shape index (κ1) is 14.3. The molecule has 0 bridgehead atoms. The molecule has 4 heteroatoms. The van der Waals surface area contributed by atoms with Crippen LogP contribution >= 0.6 is 0 Å². The van der Waals surface area contributed by atoms with Crippen molar-refractivity contribution >= 4 is 16.7 Å². The number of aliphatic hydroxyl groups is 1. The summed E-state index contributed by atoms with van der Waals surface area (Å²) in [4.78, 5) is 9.49. The lowest BCUT2D eigenvalue weighted by molar-refractivity contribution is 0.138. The molecule has 2 aromatic rings. The van der Waals surface area contributed by atoms with Gasteiger partial charge in [0.25, 0.3) is 0 Å². The highest BCUT2D eigenvalue weighted by Crippen LogP contribution is 2.28. The Morgan fingerprint density at radius 1 is 1.24 bits per heavy atom. The van der Waals surface area contributed by atoms with Crippen molar-refractivity contribution in [2.75, 3.05) is 31.6 Å². The maximum Gasteiger partial charge on any atom is 0.134 e. The van der Waals surface area contributed by atoms with Crippen molar-refractivity contribution in [2.24, 2.45) is 0 Å². The molecule has 1 aromatic carbocycles. The first-order valence-electron chi connectivity index (χ1n) is 7.47. The van der Waals surface area contributed by atoms with Gasteiger partial charge in [0.15, 0.2) is 0 Å². The number of nitrogens with zero attached hydrogens (tertiary/aromatic N) is 3. The van der Waals surface area contributed by atoms with Crippen molar-refractivity contribution in [1.29, 1.82) is 0 Å². The molecule has 0 aliphatic carbocycles. The minimum Gasteiger partial charge on any atom is -0.392 e. The number of hydrogen-bond donors (Lipinski definition) is 1. The smallest absolute Gasteiger partial charge is 0.134 e. The highest BCUT2D eigenvalue weighted by molar-refractivity contribution is 5.81. The van der Waals surface area contributed by atoms with Crippen LogP contribution in [-0.4, -0.2) is 47.2 Å². The Labute approximate surface area is 126 Å². The summed E-state index contributed by atoms with van der Waals surface area (Å²) in [6.07, 6.45) is 0. The average molecular weight is 285 g/mol. The zero-order valence-electron chi connectivity index (χ0n) is 13.0. The number of fused-ring (bicyclic) bond motifs is 1. The van der Waals surface area contributed by atoms with Crippen LogP contribution in [0.25, 0.3) is 10.9 Å². The predicted molar refractivity (Wildman–Crippen MR) is 86.6 cm³/mol. The van der Waals surface area contributed by atoms with E-state index in [0.29, 0.717) is 0 Å². The SMILES string of the molecule is CN1CCN(c2nc3ccccc3cc2CO)CC1(C)C. The van der Waals surface area contributed by atoms with Gasteiger partial charge >= 0.3 is 0 Å². The number of para-hydroxylation sites is 1. The van der Waals surface area contributed by atoms with E-state index in [2.05, 4.69) is 36.8 Å². The number of anilines is 1. The molecule has 4 nitrogen and oxygen atoms in total. The molecule has 0 spiro atoms. The number of pyridine rings is 1. The number of aromatic nitrogens is 1. The molecule has 1 N–H and O–H groups in total. The lowest BCUT2D eigenvalue weighted by Gasteiger charge is -2.46. The van der Waals surface area contributed by atoms with Gasteiger partial charge in [0.2, 0.25) is 0 Å². The fraction of sp³-hybridized carbons (Fsp3) is 0.471. The zero-order valence-corrected chi connectivity index (χ0v) is 13.0. The Hall–Kier alpha value is -1.65. The van der Waals surface area contributed by atoms with E-state index in [-0.39, 0.29) is 12.1 Å². The normalized spacial score (nSPS) is 19.1. The Morgan fingerprint density at radius 2 is 2.00 bits per heavy atom. The summed E-state index contributed by atoms with van der Waals surface area (Å²) in [6, 6.07) is 10.1. The Balaban J connectivity index is 2.03. The molecule has 21 heavy (non-hydrogen) atoms. The van der Waals surface area contributed by atoms with Crippen LogP contribution in [0.5, 0.6) is 0 Å². The molecule has 3 rings (SSSR count). The van der Waals surface area contributed by atoms with Crippen molar-refractivity contribution in [3.05, 3.63) is 35.9 Å². The topological polar surface area (TPSA) is 39.6 Å². The predicted octanol–water partition coefficient (Wildman–Crippen LogP) is 2.26. The quantitative estimate of drug-likeness (QED) is 0.919. The summed E-state index contributed by atoms with van der Waals surface area (Å²) in [7, 11) is 2.16. The van der Waals surface area contributed by atoms with Crippen LogP contribution < -0.4 is 4.90 Å². The third kappa shape index (κ3) is 2.61. The standard InChI is InChI=1S/C17H23N3O/c1-17(2)12-20(9-8-19(17)3)16-14(11-21)10-13-6-4-5-7-15(13)18-16/h4-7,10,21H,8-9,11-12H2,1-3H3. The second-order valence-electron chi connectivity index (χ2n) is 6.48. The van der Waals surface area contributed by atoms with Crippen LogP contribution in [0.15, 0.2) is 30.3 Å². The van der Waals surface area contributed by atoms with Crippen molar-refractivity contribution in [2.45, 2.75) is 26.0 Å². The van der Waals surface area contributed by atoms with Crippen molar-refractivity contribution in [3.63, 3.8) is 0 Å². The van der Waals surface area contributed by atoms with E-state index in [1.54, 1.807) is 0 Å². The minimum absolute atomic E-state index is 0.0277. The molecular weight excluding hydrogens is 262 g/mol. The van der Waals surface area contributed by atoms with Gasteiger partial charge in [-0.25, -0.2) is 4.98 Å². The van der Waals surface area contributed by atoms with Gasteiger partial charge in [0.05, 0.1) is 12.1 Å². The summed E-state index contributed by atoms with van der Waals surface area (Å²) in [5, 5.41) is 10.8. The highest BCUT2D eigenvalue weighted by Gasteiger charge is 2.32. The van der Waals surface area contributed by atoms with E-state index in [1.807, 2.05) is 24.3 Å². The summed E-state index contributed by atoms with van der Waals surface area (Å²) in [5.41, 5.74) is 2.01. The fourth-order valence-electron chi connectivity index (χ4n) is 2.96. The molecule has 0 saturated carbocycles. The van der Waals surface area contributed by atoms with Crippen molar-refractivity contribution in [1.82, 2.24) is 9.88 Å². The lowest BCUT2D eigenvalue weighted by Crippen LogP contribution is -2.58. The van der Waals surface area contributed by atoms with Gasteiger partial charge in [0, 0.05) is 36.1 Å². The maximum atomic E-state index is 9.71. The Morgan fingerprint density at radius 3 is 2.71 bits per heavy atom. The van der Waals surface area contributed by atoms with Gasteiger partial charge in [-0.3, -0.25) is 4.90 Å². The highest BCUT2D eigenvalue weighted by atomic mass is 16.3. The summed E-state index contributed by atoms with van der Waals surface area (Å²) in [5.74, 6) is 0.928. The summed E-state index contributed by atoms with van der Waals surface area (Å²) >= 11 is 0. The zero-order chi connectivity index (χ0) is 15.0. The summed E-state index contributed by atoms with van der Waals surface area (Å²) < 4.78 is 0. The van der Waals surface area contributed by atoms with E-state index in [0.717, 1.165) is 41.9 Å². The van der Waals surface area contributed by atoms with Crippen LogP contribution in [0.4, 0.5) is 5.82 Å². The molecule has 2 heterocycles. The second kappa shape index (κ2) is 5.28. The van der Waals surface area contributed by atoms with E-state index in [4.69, 9.17) is 4.98 Å². The van der Waals surface area contributed by atoms with Crippen LogP contribution in [0, 0.1) is 0 Å². The van der Waals surface area contributed by atoms with Gasteiger partial charge in [0.1, 0.15) is 5.82 Å². The first-order valence-corrected chi connectivity index (χ1v) is 7.47. The van der Waals surface area contributed by atoms with Crippen LogP contribution in [0.1, 0.15) is 19.4 Å². The number of benzene rings is 1. The van der Waals surface area contributed by atoms with Gasteiger partial charge in [-0.2, -0.15) is 0 Å². The number of rotatable bonds is 2. The van der Waals surface area contributed by atoms with E-state index < -0.39 is 0 Å². The molecule has 1 aliphatic heterocycles. The molecule has 1 saturated heterocycles. The first-order chi connectivity index (χ1) is 10.0. The molecule has 1 aromatic heterocycles. The molecular formula is C17H23N3O. The number of likely N-dealkylation sites (N-methyl/N-ethyl adjacent to an activating group) is 1. The van der Waals surface area contributed by atoms with Gasteiger partial charge in [-0.05, 0) is 33.0 Å². The van der Waals surface area contributed by atoms with Crippen molar-refractivity contribution in [3.8, 4) is 0 Å². The average Bonchev–Trinajstić information content (AvgIpc) is 2.48. The van der Waals surface area contributed by atoms with Crippen LogP contribution in [-0.2, 0) is 6.61 Å². The summed E-state index contributed by atoms with van der Waals surface area (Å²) in [6.45, 7) is 7.39. The number of aliphatic hydroxyl groups excluding tert-OH is 1. The van der Waals surface area contributed by atoms with E-state index in [9.17, 15) is 5.11 Å². The monoisotopic (exact) mass is 285 g/mol. The minimum atomic E-state index is 0.0277. The molecule has 1 aliphatic rings. The third-order valence-electron chi connectivity index (χ3n) is 4.57. The van der Waals surface area contributed by atoms with Gasteiger partial charge in [-0.15, -0.1) is 0 Å². The second-order valence-corrected chi connectivity index (χ2v) is 6.48. The Kier molecular flexibility index (Phi) is 3.59. The number of hydrogen-bond acceptors (Lipinski definition) is 4. The number of piperazine rings is 1. The molecule has 1 fully saturated rings. The van der Waals surface area contributed by atoms with Crippen LogP contribution in [0.3, 0.4) is 0 Å². The fourth-order valence-corrected chi connectivity index (χ4v) is 2.96. The molecule has 112 valence electrons. The largest absolute Gasteiger partial charge is 0.392 e. The van der Waals surface area contributed by atoms with E-state index >= 15 is 0 Å². The molecule has 0 atom stereocenters. The van der Waals surface area contributed by atoms with Gasteiger partial charge in [-0.1, -0.05) is 18.2 Å². The van der Waals surface area contributed by atoms with Crippen LogP contribution in [0.2, 0.25) is 0 Å². The third-order valence-corrected chi connectivity index (χ3v) is 4.57. The van der Waals surface area contributed by atoms with Gasteiger partial charge < -0.3 is 10.0 Å².